The highest BCUT2D eigenvalue weighted by molar-refractivity contribution is 7.98. The number of pyridine rings is 2. The molecule has 0 saturated carbocycles. The maximum Gasteiger partial charge on any atom is 0.254 e. The van der Waals surface area contributed by atoms with E-state index in [-0.39, 0.29) is 16.3 Å². The summed E-state index contributed by atoms with van der Waals surface area (Å²) >= 11 is 7.55. The minimum absolute atomic E-state index is 0.0636. The first kappa shape index (κ1) is 15.4. The van der Waals surface area contributed by atoms with E-state index >= 15 is 0 Å². The van der Waals surface area contributed by atoms with Crippen LogP contribution in [0, 0.1) is 0 Å². The molecule has 2 rings (SSSR count). The smallest absolute Gasteiger partial charge is 0.254 e. The van der Waals surface area contributed by atoms with Crippen LogP contribution < -0.4 is 10.3 Å². The molecule has 0 bridgehead atoms. The van der Waals surface area contributed by atoms with Gasteiger partial charge in [0.15, 0.2) is 0 Å². The average Bonchev–Trinajstić information content (AvgIpc) is 2.35. The van der Waals surface area contributed by atoms with Gasteiger partial charge in [-0.2, -0.15) is 0 Å². The number of nitrogens with one attached hydrogen (secondary N) is 2. The molecule has 0 aliphatic heterocycles. The number of halogens is 1. The van der Waals surface area contributed by atoms with Crippen LogP contribution in [0.4, 0.5) is 0 Å². The van der Waals surface area contributed by atoms with E-state index in [1.807, 2.05) is 13.0 Å². The highest BCUT2D eigenvalue weighted by Gasteiger charge is 2.16. The normalized spacial score (nSPS) is 13.7. The Morgan fingerprint density at radius 3 is 2.75 bits per heavy atom. The Labute approximate surface area is 127 Å². The summed E-state index contributed by atoms with van der Waals surface area (Å²) in [4.78, 5) is 19.0. The fourth-order valence-corrected chi connectivity index (χ4v) is 2.56. The number of fused-ring (bicyclic) bond motifs is 1. The molecule has 2 aromatic rings. The molecule has 0 saturated heterocycles. The van der Waals surface area contributed by atoms with E-state index in [1.54, 1.807) is 18.0 Å². The van der Waals surface area contributed by atoms with Gasteiger partial charge < -0.3 is 4.98 Å². The van der Waals surface area contributed by atoms with Crippen molar-refractivity contribution in [3.05, 3.63) is 39.3 Å². The zero-order chi connectivity index (χ0) is 14.9. The van der Waals surface area contributed by atoms with Crippen LogP contribution in [0.5, 0.6) is 0 Å². The second-order valence-corrected chi connectivity index (χ2v) is 7.80. The molecular weight excluding hydrogens is 294 g/mol. The molecule has 20 heavy (non-hydrogen) atoms. The van der Waals surface area contributed by atoms with Crippen molar-refractivity contribution >= 4 is 34.6 Å². The Balaban J connectivity index is 2.33. The summed E-state index contributed by atoms with van der Waals surface area (Å²) in [5.41, 5.74) is 1.11. The topological polar surface area (TPSA) is 57.8 Å². The molecule has 2 N–H and O–H groups in total. The van der Waals surface area contributed by atoms with Gasteiger partial charge in [0.25, 0.3) is 5.56 Å². The van der Waals surface area contributed by atoms with Crippen LogP contribution in [0.3, 0.4) is 0 Å². The molecule has 2 heterocycles. The van der Waals surface area contributed by atoms with Gasteiger partial charge in [0.05, 0.1) is 5.02 Å². The molecule has 0 spiro atoms. The number of H-pyrrole nitrogens is 1. The van der Waals surface area contributed by atoms with Crippen molar-refractivity contribution in [2.24, 2.45) is 0 Å². The molecular formula is C14H18ClN3OS. The second-order valence-electron chi connectivity index (χ2n) is 5.70. The third-order valence-corrected chi connectivity index (χ3v) is 3.99. The second kappa shape index (κ2) is 5.76. The lowest BCUT2D eigenvalue weighted by atomic mass is 10.1. The van der Waals surface area contributed by atoms with E-state index in [4.69, 9.17) is 11.6 Å². The first-order valence-corrected chi connectivity index (χ1v) is 7.58. The van der Waals surface area contributed by atoms with Gasteiger partial charge in [0.2, 0.25) is 0 Å². The zero-order valence-corrected chi connectivity index (χ0v) is 13.5. The fourth-order valence-electron chi connectivity index (χ4n) is 1.73. The molecule has 108 valence electrons. The third kappa shape index (κ3) is 3.75. The van der Waals surface area contributed by atoms with Crippen molar-refractivity contribution in [1.29, 1.82) is 0 Å². The van der Waals surface area contributed by atoms with E-state index in [0.29, 0.717) is 16.2 Å². The zero-order valence-electron chi connectivity index (χ0n) is 12.0. The minimum Gasteiger partial charge on any atom is -0.306 e. The molecule has 4 nitrogen and oxygen atoms in total. The molecule has 0 aliphatic rings. The summed E-state index contributed by atoms with van der Waals surface area (Å²) in [7, 11) is 0. The van der Waals surface area contributed by atoms with Crippen molar-refractivity contribution in [3.8, 4) is 0 Å². The molecule has 1 atom stereocenters. The van der Waals surface area contributed by atoms with Gasteiger partial charge >= 0.3 is 0 Å². The summed E-state index contributed by atoms with van der Waals surface area (Å²) in [6.45, 7) is 8.32. The van der Waals surface area contributed by atoms with Crippen LogP contribution in [0.15, 0.2) is 23.1 Å². The maximum absolute atomic E-state index is 12.1. The van der Waals surface area contributed by atoms with Crippen LogP contribution in [0.2, 0.25) is 5.02 Å². The van der Waals surface area contributed by atoms with Crippen LogP contribution >= 0.6 is 23.5 Å². The van der Waals surface area contributed by atoms with E-state index in [9.17, 15) is 4.79 Å². The highest BCUT2D eigenvalue weighted by atomic mass is 35.5. The molecule has 0 amide bonds. The van der Waals surface area contributed by atoms with Crippen LogP contribution in [-0.2, 0) is 0 Å². The van der Waals surface area contributed by atoms with E-state index in [0.717, 1.165) is 5.39 Å². The number of rotatable bonds is 3. The Hall–Kier alpha value is -1.04. The minimum atomic E-state index is -0.123. The molecule has 0 aliphatic carbocycles. The molecule has 0 aromatic carbocycles. The fraction of sp³-hybridized carbons (Fsp3) is 0.429. The van der Waals surface area contributed by atoms with E-state index in [2.05, 4.69) is 35.5 Å². The maximum atomic E-state index is 12.1. The van der Waals surface area contributed by atoms with Gasteiger partial charge in [-0.15, -0.1) is 0 Å². The number of aromatic amines is 1. The first-order chi connectivity index (χ1) is 9.26. The Morgan fingerprint density at radius 1 is 1.40 bits per heavy atom. The van der Waals surface area contributed by atoms with E-state index in [1.165, 1.54) is 6.20 Å². The summed E-state index contributed by atoms with van der Waals surface area (Å²) in [5.74, 6) is 0. The number of hydrogen-bond acceptors (Lipinski definition) is 4. The SMILES string of the molecule is C[C@H](NSC(C)(C)C)c1cc2cc(Cl)cnc2[nH]c1=O. The van der Waals surface area contributed by atoms with Gasteiger partial charge in [-0.05, 0) is 39.8 Å². The highest BCUT2D eigenvalue weighted by Crippen LogP contribution is 2.24. The summed E-state index contributed by atoms with van der Waals surface area (Å²) in [6, 6.07) is 3.58. The van der Waals surface area contributed by atoms with Gasteiger partial charge in [-0.3, -0.25) is 9.52 Å². The van der Waals surface area contributed by atoms with E-state index < -0.39 is 0 Å². The Morgan fingerprint density at radius 2 is 2.10 bits per heavy atom. The van der Waals surface area contributed by atoms with Crippen molar-refractivity contribution < 1.29 is 0 Å². The summed E-state index contributed by atoms with van der Waals surface area (Å²) < 4.78 is 3.39. The lowest BCUT2D eigenvalue weighted by Crippen LogP contribution is -2.25. The predicted molar refractivity (Wildman–Crippen MR) is 86.3 cm³/mol. The summed E-state index contributed by atoms with van der Waals surface area (Å²) in [5, 5.41) is 1.39. The largest absolute Gasteiger partial charge is 0.306 e. The van der Waals surface area contributed by atoms with Crippen LogP contribution in [-0.4, -0.2) is 14.7 Å². The standard InChI is InChI=1S/C14H18ClN3OS/c1-8(18-20-14(2,3)4)11-6-9-5-10(15)7-16-12(9)17-13(11)19/h5-8,18H,1-4H3,(H,16,17,19)/t8-/m0/s1. The van der Waals surface area contributed by atoms with Gasteiger partial charge in [-0.25, -0.2) is 4.98 Å². The van der Waals surface area contributed by atoms with Gasteiger partial charge in [0.1, 0.15) is 5.65 Å². The van der Waals surface area contributed by atoms with Crippen LogP contribution in [0.1, 0.15) is 39.3 Å². The lowest BCUT2D eigenvalue weighted by Gasteiger charge is -2.21. The molecule has 2 aromatic heterocycles. The predicted octanol–water partition coefficient (Wildman–Crippen LogP) is 3.67. The Bertz CT molecular complexity index is 678. The molecule has 0 fully saturated rings. The van der Waals surface area contributed by atoms with Crippen molar-refractivity contribution in [1.82, 2.24) is 14.7 Å². The average molecular weight is 312 g/mol. The van der Waals surface area contributed by atoms with Crippen LogP contribution in [0.25, 0.3) is 11.0 Å². The van der Waals surface area contributed by atoms with Gasteiger partial charge in [0, 0.05) is 27.9 Å². The van der Waals surface area contributed by atoms with Crippen molar-refractivity contribution in [2.75, 3.05) is 0 Å². The van der Waals surface area contributed by atoms with Crippen molar-refractivity contribution in [3.63, 3.8) is 0 Å². The number of hydrogen-bond donors (Lipinski definition) is 2. The Kier molecular flexibility index (Phi) is 4.42. The quantitative estimate of drug-likeness (QED) is 0.849. The molecule has 0 unspecified atom stereocenters. The van der Waals surface area contributed by atoms with Crippen molar-refractivity contribution in [2.45, 2.75) is 38.5 Å². The number of aromatic nitrogens is 2. The first-order valence-electron chi connectivity index (χ1n) is 6.38. The van der Waals surface area contributed by atoms with Gasteiger partial charge in [-0.1, -0.05) is 23.5 Å². The lowest BCUT2D eigenvalue weighted by molar-refractivity contribution is 0.717. The molecule has 6 heteroatoms. The number of nitrogens with zero attached hydrogens (tertiary/aromatic N) is 1. The monoisotopic (exact) mass is 311 g/mol. The summed E-state index contributed by atoms with van der Waals surface area (Å²) in [6.07, 6.45) is 1.52. The molecule has 0 radical (unpaired) electrons. The third-order valence-electron chi connectivity index (χ3n) is 2.70.